The summed E-state index contributed by atoms with van der Waals surface area (Å²) in [6.45, 7) is 3.54. The number of aromatic nitrogens is 3. The minimum atomic E-state index is 0.139. The average Bonchev–Trinajstić information content (AvgIpc) is 3.07. The zero-order valence-corrected chi connectivity index (χ0v) is 13.9. The Morgan fingerprint density at radius 1 is 1.43 bits per heavy atom. The van der Waals surface area contributed by atoms with Gasteiger partial charge in [-0.05, 0) is 24.6 Å². The van der Waals surface area contributed by atoms with Gasteiger partial charge in [0.15, 0.2) is 5.16 Å². The molecule has 0 unspecified atom stereocenters. The number of aryl methyl sites for hydroxylation is 1. The van der Waals surface area contributed by atoms with Crippen LogP contribution < -0.4 is 4.74 Å². The number of nitrogens with one attached hydrogen (secondary N) is 1. The quantitative estimate of drug-likeness (QED) is 0.851. The Bertz CT molecular complexity index is 639. The molecule has 1 aromatic carbocycles. The predicted octanol–water partition coefficient (Wildman–Crippen LogP) is 2.28. The van der Waals surface area contributed by atoms with Crippen molar-refractivity contribution in [2.24, 2.45) is 0 Å². The molecule has 6 nitrogen and oxygen atoms in total. The van der Waals surface area contributed by atoms with Crippen LogP contribution in [0.3, 0.4) is 0 Å². The van der Waals surface area contributed by atoms with E-state index >= 15 is 0 Å². The third-order valence-corrected chi connectivity index (χ3v) is 4.67. The molecule has 0 spiro atoms. The molecular formula is C16H20N4O2S. The Morgan fingerprint density at radius 2 is 2.26 bits per heavy atom. The van der Waals surface area contributed by atoms with Crippen molar-refractivity contribution in [3.8, 4) is 5.75 Å². The minimum Gasteiger partial charge on any atom is -0.490 e. The topological polar surface area (TPSA) is 71.1 Å². The first-order valence-corrected chi connectivity index (χ1v) is 8.68. The lowest BCUT2D eigenvalue weighted by molar-refractivity contribution is -0.130. The number of hydrogen-bond donors (Lipinski definition) is 1. The van der Waals surface area contributed by atoms with Gasteiger partial charge in [0.1, 0.15) is 18.2 Å². The number of carbonyl (C=O) groups is 1. The highest BCUT2D eigenvalue weighted by Crippen LogP contribution is 2.21. The van der Waals surface area contributed by atoms with Gasteiger partial charge in [0.2, 0.25) is 5.91 Å². The van der Waals surface area contributed by atoms with Gasteiger partial charge < -0.3 is 9.64 Å². The molecule has 1 aliphatic rings. The van der Waals surface area contributed by atoms with Gasteiger partial charge in [-0.15, -0.1) is 0 Å². The van der Waals surface area contributed by atoms with Gasteiger partial charge >= 0.3 is 0 Å². The normalized spacial score (nSPS) is 15.6. The first kappa shape index (κ1) is 15.9. The maximum absolute atomic E-state index is 12.2. The molecule has 2 aromatic rings. The molecule has 1 amide bonds. The van der Waals surface area contributed by atoms with E-state index in [0.29, 0.717) is 10.9 Å². The molecular weight excluding hydrogens is 312 g/mol. The molecule has 1 fully saturated rings. The van der Waals surface area contributed by atoms with Gasteiger partial charge in [0, 0.05) is 25.9 Å². The van der Waals surface area contributed by atoms with Crippen molar-refractivity contribution < 1.29 is 9.53 Å². The lowest BCUT2D eigenvalue weighted by Crippen LogP contribution is -2.42. The monoisotopic (exact) mass is 332 g/mol. The summed E-state index contributed by atoms with van der Waals surface area (Å²) in [4.78, 5) is 18.1. The Kier molecular flexibility index (Phi) is 5.17. The summed E-state index contributed by atoms with van der Waals surface area (Å²) in [7, 11) is 0. The maximum atomic E-state index is 12.2. The van der Waals surface area contributed by atoms with Crippen LogP contribution >= 0.6 is 11.8 Å². The van der Waals surface area contributed by atoms with Crippen molar-refractivity contribution in [2.45, 2.75) is 31.0 Å². The number of thioether (sulfide) groups is 1. The van der Waals surface area contributed by atoms with Crippen molar-refractivity contribution in [1.82, 2.24) is 20.1 Å². The highest BCUT2D eigenvalue weighted by molar-refractivity contribution is 7.99. The molecule has 0 bridgehead atoms. The van der Waals surface area contributed by atoms with E-state index in [0.717, 1.165) is 31.7 Å². The number of amides is 1. The number of aromatic amines is 1. The minimum absolute atomic E-state index is 0.139. The Morgan fingerprint density at radius 3 is 2.96 bits per heavy atom. The van der Waals surface area contributed by atoms with E-state index in [1.54, 1.807) is 0 Å². The molecule has 1 aliphatic heterocycles. The summed E-state index contributed by atoms with van der Waals surface area (Å²) in [5.41, 5.74) is 1.19. The maximum Gasteiger partial charge on any atom is 0.233 e. The smallest absolute Gasteiger partial charge is 0.233 e. The first-order chi connectivity index (χ1) is 11.2. The van der Waals surface area contributed by atoms with Gasteiger partial charge in [-0.2, -0.15) is 5.10 Å². The third kappa shape index (κ3) is 4.48. The first-order valence-electron chi connectivity index (χ1n) is 7.70. The fraction of sp³-hybridized carbons (Fsp3) is 0.438. The fourth-order valence-electron chi connectivity index (χ4n) is 2.59. The Labute approximate surface area is 139 Å². The van der Waals surface area contributed by atoms with Gasteiger partial charge in [-0.1, -0.05) is 23.9 Å². The van der Waals surface area contributed by atoms with Crippen LogP contribution in [0.5, 0.6) is 5.75 Å². The van der Waals surface area contributed by atoms with Gasteiger partial charge in [-0.25, -0.2) is 4.98 Å². The van der Waals surface area contributed by atoms with Crippen LogP contribution in [0, 0.1) is 6.92 Å². The van der Waals surface area contributed by atoms with Crippen molar-refractivity contribution in [3.05, 3.63) is 36.2 Å². The van der Waals surface area contributed by atoms with Crippen molar-refractivity contribution in [3.63, 3.8) is 0 Å². The van der Waals surface area contributed by atoms with Crippen LogP contribution in [0.25, 0.3) is 0 Å². The van der Waals surface area contributed by atoms with E-state index in [2.05, 4.69) is 28.2 Å². The number of H-pyrrole nitrogens is 1. The number of piperidine rings is 1. The molecule has 0 saturated carbocycles. The van der Waals surface area contributed by atoms with Crippen LogP contribution in [0.1, 0.15) is 18.4 Å². The average molecular weight is 332 g/mol. The molecule has 0 radical (unpaired) electrons. The highest BCUT2D eigenvalue weighted by atomic mass is 32.2. The van der Waals surface area contributed by atoms with E-state index in [9.17, 15) is 4.79 Å². The van der Waals surface area contributed by atoms with Crippen LogP contribution in [-0.2, 0) is 4.79 Å². The standard InChI is InChI=1S/C16H20N4O2S/c1-12-3-2-4-14(9-12)22-13-5-7-20(8-6-13)15(21)10-23-16-17-11-18-19-16/h2-4,9,11,13H,5-8,10H2,1H3,(H,17,18,19). The van der Waals surface area contributed by atoms with Crippen LogP contribution in [0.4, 0.5) is 0 Å². The molecule has 1 N–H and O–H groups in total. The second-order valence-corrected chi connectivity index (χ2v) is 6.56. The number of likely N-dealkylation sites (tertiary alicyclic amines) is 1. The van der Waals surface area contributed by atoms with Crippen molar-refractivity contribution >= 4 is 17.7 Å². The number of rotatable bonds is 5. The van der Waals surface area contributed by atoms with Gasteiger partial charge in [0.05, 0.1) is 5.75 Å². The van der Waals surface area contributed by atoms with E-state index in [4.69, 9.17) is 4.74 Å². The lowest BCUT2D eigenvalue weighted by Gasteiger charge is -2.32. The zero-order valence-electron chi connectivity index (χ0n) is 13.1. The van der Waals surface area contributed by atoms with Crippen LogP contribution in [-0.4, -0.2) is 50.9 Å². The van der Waals surface area contributed by atoms with Crippen LogP contribution in [0.15, 0.2) is 35.7 Å². The third-order valence-electron chi connectivity index (χ3n) is 3.81. The van der Waals surface area contributed by atoms with Crippen molar-refractivity contribution in [2.75, 3.05) is 18.8 Å². The summed E-state index contributed by atoms with van der Waals surface area (Å²) < 4.78 is 6.02. The summed E-state index contributed by atoms with van der Waals surface area (Å²) in [6.07, 6.45) is 3.36. The molecule has 2 heterocycles. The van der Waals surface area contributed by atoms with E-state index in [1.807, 2.05) is 23.1 Å². The van der Waals surface area contributed by atoms with Crippen LogP contribution in [0.2, 0.25) is 0 Å². The number of benzene rings is 1. The number of carbonyl (C=O) groups excluding carboxylic acids is 1. The zero-order chi connectivity index (χ0) is 16.1. The molecule has 0 atom stereocenters. The molecule has 0 aliphatic carbocycles. The summed E-state index contributed by atoms with van der Waals surface area (Å²) in [5, 5.41) is 7.19. The number of nitrogens with zero attached hydrogens (tertiary/aromatic N) is 3. The highest BCUT2D eigenvalue weighted by Gasteiger charge is 2.24. The SMILES string of the molecule is Cc1cccc(OC2CCN(C(=O)CSc3ncn[nH]3)CC2)c1. The Hall–Kier alpha value is -2.02. The predicted molar refractivity (Wildman–Crippen MR) is 88.5 cm³/mol. The van der Waals surface area contributed by atoms with E-state index in [-0.39, 0.29) is 12.0 Å². The van der Waals surface area contributed by atoms with E-state index < -0.39 is 0 Å². The van der Waals surface area contributed by atoms with Gasteiger partial charge in [-0.3, -0.25) is 9.89 Å². The molecule has 23 heavy (non-hydrogen) atoms. The van der Waals surface area contributed by atoms with Crippen molar-refractivity contribution in [1.29, 1.82) is 0 Å². The summed E-state index contributed by atoms with van der Waals surface area (Å²) in [5.74, 6) is 1.44. The lowest BCUT2D eigenvalue weighted by atomic mass is 10.1. The van der Waals surface area contributed by atoms with Gasteiger partial charge in [0.25, 0.3) is 0 Å². The molecule has 7 heteroatoms. The molecule has 122 valence electrons. The molecule has 3 rings (SSSR count). The Balaban J connectivity index is 1.43. The fourth-order valence-corrected chi connectivity index (χ4v) is 3.27. The second-order valence-electron chi connectivity index (χ2n) is 5.59. The largest absolute Gasteiger partial charge is 0.490 e. The van der Waals surface area contributed by atoms with E-state index in [1.165, 1.54) is 23.7 Å². The second kappa shape index (κ2) is 7.50. The number of ether oxygens (including phenoxy) is 1. The summed E-state index contributed by atoms with van der Waals surface area (Å²) >= 11 is 1.38. The molecule has 1 aromatic heterocycles. The molecule has 1 saturated heterocycles. The summed E-state index contributed by atoms with van der Waals surface area (Å²) in [6, 6.07) is 8.09. The number of hydrogen-bond acceptors (Lipinski definition) is 5.